The van der Waals surface area contributed by atoms with Gasteiger partial charge in [0, 0.05) is 37.8 Å². The van der Waals surface area contributed by atoms with Crippen molar-refractivity contribution in [2.24, 2.45) is 22.2 Å². The summed E-state index contributed by atoms with van der Waals surface area (Å²) in [6, 6.07) is 15.7. The number of aliphatic imine (C=N–C) groups is 1. The molecule has 0 bridgehead atoms. The van der Waals surface area contributed by atoms with Crippen molar-refractivity contribution in [3.05, 3.63) is 89.5 Å². The third-order valence-corrected chi connectivity index (χ3v) is 12.0. The molecule has 5 atom stereocenters. The topological polar surface area (TPSA) is 282 Å². The van der Waals surface area contributed by atoms with Crippen molar-refractivity contribution in [1.82, 2.24) is 31.9 Å². The highest BCUT2D eigenvalue weighted by Crippen LogP contribution is 2.31. The quantitative estimate of drug-likeness (QED) is 0.0182. The van der Waals surface area contributed by atoms with Crippen molar-refractivity contribution in [1.29, 1.82) is 0 Å². The Bertz CT molecular complexity index is 2110. The van der Waals surface area contributed by atoms with Crippen LogP contribution in [-0.2, 0) is 46.4 Å². The van der Waals surface area contributed by atoms with Gasteiger partial charge in [0.2, 0.25) is 35.4 Å². The first-order valence-electron chi connectivity index (χ1n) is 19.7. The Morgan fingerprint density at radius 1 is 0.754 bits per heavy atom. The Hall–Kier alpha value is -5.92. The predicted molar refractivity (Wildman–Crippen MR) is 240 cm³/mol. The number of nitrogens with one attached hydrogen (secondary N) is 6. The normalized spacial score (nSPS) is 14.2. The van der Waals surface area contributed by atoms with E-state index in [2.05, 4.69) is 36.9 Å². The third-order valence-electron chi connectivity index (χ3n) is 9.59. The summed E-state index contributed by atoms with van der Waals surface area (Å²) in [7, 11) is 3.98. The number of amides is 6. The standard InChI is InChI=1S/C42H54N10O7S2/c1-25(54)48-31(22-53)23-60-61-24-36(38(43)56)52-41(59)35(20-30-16-15-28-9-5-6-11-32(28)30)51-39(57)33(12-7-17-47-42(44)45)50-40(58)34(49-37(55)21-46-2)19-26-13-14-27-8-3-4-10-29(27)18-26/h3-6,8-11,13-14,16,18,22,31,33-36,46H,7,12,15,17,19-21,23-24H2,1-2H3,(H2,43,56)(H,48,54)(H,49,55)(H,50,58)(H,51,57)(H,52,59)(H4,44,45,47)/t31-,33+,34-,35+,36+/m1/s1. The molecule has 6 amide bonds. The number of hydrogen-bond acceptors (Lipinski definition) is 11. The fourth-order valence-electron chi connectivity index (χ4n) is 6.59. The summed E-state index contributed by atoms with van der Waals surface area (Å²) >= 11 is 0. The molecule has 0 fully saturated rings. The van der Waals surface area contributed by atoms with Gasteiger partial charge in [-0.05, 0) is 59.3 Å². The van der Waals surface area contributed by atoms with Crippen LogP contribution in [0.2, 0.25) is 0 Å². The van der Waals surface area contributed by atoms with Gasteiger partial charge < -0.3 is 53.9 Å². The number of rotatable bonds is 25. The van der Waals surface area contributed by atoms with Crippen LogP contribution >= 0.6 is 21.6 Å². The first-order valence-corrected chi connectivity index (χ1v) is 22.2. The lowest BCUT2D eigenvalue weighted by Gasteiger charge is -2.27. The average Bonchev–Trinajstić information content (AvgIpc) is 3.64. The second-order valence-corrected chi connectivity index (χ2v) is 16.9. The molecule has 0 radical (unpaired) electrons. The minimum atomic E-state index is -1.23. The lowest BCUT2D eigenvalue weighted by Crippen LogP contribution is -2.58. The number of carbonyl (C=O) groups excluding carboxylic acids is 7. The van der Waals surface area contributed by atoms with E-state index in [1.165, 1.54) is 28.5 Å². The zero-order valence-corrected chi connectivity index (χ0v) is 35.7. The van der Waals surface area contributed by atoms with Crippen LogP contribution in [0.1, 0.15) is 42.9 Å². The molecule has 0 heterocycles. The second-order valence-electron chi connectivity index (χ2n) is 14.4. The number of guanidine groups is 1. The van der Waals surface area contributed by atoms with Gasteiger partial charge in [-0.2, -0.15) is 0 Å². The van der Waals surface area contributed by atoms with Crippen molar-refractivity contribution in [2.45, 2.75) is 69.2 Å². The lowest BCUT2D eigenvalue weighted by molar-refractivity contribution is -0.134. The van der Waals surface area contributed by atoms with Crippen molar-refractivity contribution >= 4 is 85.6 Å². The largest absolute Gasteiger partial charge is 0.370 e. The molecular weight excluding hydrogens is 821 g/mol. The van der Waals surface area contributed by atoms with E-state index < -0.39 is 59.7 Å². The number of nitrogens with two attached hydrogens (primary N) is 3. The van der Waals surface area contributed by atoms with Gasteiger partial charge in [0.1, 0.15) is 30.5 Å². The maximum atomic E-state index is 14.3. The van der Waals surface area contributed by atoms with Gasteiger partial charge in [0.15, 0.2) is 5.96 Å². The molecule has 1 aliphatic carbocycles. The summed E-state index contributed by atoms with van der Waals surface area (Å²) in [6.45, 7) is 1.38. The second kappa shape index (κ2) is 24.4. The van der Waals surface area contributed by atoms with E-state index in [9.17, 15) is 33.6 Å². The van der Waals surface area contributed by atoms with Gasteiger partial charge in [-0.15, -0.1) is 0 Å². The Kier molecular flexibility index (Phi) is 19.1. The van der Waals surface area contributed by atoms with Crippen molar-refractivity contribution in [3.63, 3.8) is 0 Å². The van der Waals surface area contributed by atoms with E-state index in [0.29, 0.717) is 12.7 Å². The number of aldehydes is 1. The van der Waals surface area contributed by atoms with Crippen molar-refractivity contribution in [3.8, 4) is 0 Å². The SMILES string of the molecule is CNCC(=O)N[C@H](Cc1ccc2ccccc2c1)C(=O)N[C@@H](CCCN=C(N)N)C(=O)N[C@@H](CC1=CCc2ccccc21)C(=O)N[C@@H](CSSC[C@@H](C=O)NC(C)=O)C(N)=O. The molecule has 4 rings (SSSR count). The van der Waals surface area contributed by atoms with Crippen molar-refractivity contribution < 1.29 is 33.6 Å². The number of benzene rings is 3. The maximum Gasteiger partial charge on any atom is 0.243 e. The van der Waals surface area contributed by atoms with Crippen molar-refractivity contribution in [2.75, 3.05) is 31.6 Å². The first kappa shape index (κ1) is 47.8. The Morgan fingerprint density at radius 3 is 2.08 bits per heavy atom. The number of allylic oxidation sites excluding steroid dienone is 1. The van der Waals surface area contributed by atoms with E-state index >= 15 is 0 Å². The molecule has 61 heavy (non-hydrogen) atoms. The molecule has 0 saturated heterocycles. The van der Waals surface area contributed by atoms with Crippen LogP contribution in [0.5, 0.6) is 0 Å². The van der Waals surface area contributed by atoms with E-state index in [0.717, 1.165) is 33.0 Å². The predicted octanol–water partition coefficient (Wildman–Crippen LogP) is 0.195. The van der Waals surface area contributed by atoms with Crippen LogP contribution in [0.15, 0.2) is 77.8 Å². The van der Waals surface area contributed by atoms with Crippen LogP contribution in [-0.4, -0.2) is 110 Å². The van der Waals surface area contributed by atoms with Crippen LogP contribution in [0.4, 0.5) is 0 Å². The molecule has 0 aliphatic heterocycles. The van der Waals surface area contributed by atoms with Gasteiger partial charge in [-0.3, -0.25) is 33.8 Å². The van der Waals surface area contributed by atoms with Gasteiger partial charge in [0.25, 0.3) is 0 Å². The van der Waals surface area contributed by atoms with Gasteiger partial charge in [-0.1, -0.05) is 94.4 Å². The smallest absolute Gasteiger partial charge is 0.243 e. The Balaban J connectivity index is 1.58. The summed E-state index contributed by atoms with van der Waals surface area (Å²) in [4.78, 5) is 94.7. The Morgan fingerprint density at radius 2 is 1.39 bits per heavy atom. The number of likely N-dealkylation sites (N-methyl/N-ethyl adjacent to an activating group) is 1. The third kappa shape index (κ3) is 15.6. The summed E-state index contributed by atoms with van der Waals surface area (Å²) in [5.74, 6) is -3.58. The number of hydrogen-bond donors (Lipinski definition) is 9. The molecule has 0 spiro atoms. The van der Waals surface area contributed by atoms with Crippen LogP contribution in [0.25, 0.3) is 16.3 Å². The zero-order valence-electron chi connectivity index (χ0n) is 34.1. The van der Waals surface area contributed by atoms with E-state index in [1.54, 1.807) is 7.05 Å². The number of fused-ring (bicyclic) bond motifs is 2. The summed E-state index contributed by atoms with van der Waals surface area (Å²) in [6.07, 6.45) is 3.66. The molecule has 3 aromatic rings. The van der Waals surface area contributed by atoms with E-state index in [-0.39, 0.29) is 62.1 Å². The van der Waals surface area contributed by atoms with Crippen LogP contribution < -0.4 is 49.1 Å². The molecule has 0 aromatic heterocycles. The highest BCUT2D eigenvalue weighted by molar-refractivity contribution is 8.76. The van der Waals surface area contributed by atoms with Crippen LogP contribution in [0.3, 0.4) is 0 Å². The molecule has 0 unspecified atom stereocenters. The summed E-state index contributed by atoms with van der Waals surface area (Å²) < 4.78 is 0. The first-order chi connectivity index (χ1) is 29.3. The molecule has 1 aliphatic rings. The molecule has 0 saturated carbocycles. The number of carbonyl (C=O) groups is 7. The summed E-state index contributed by atoms with van der Waals surface area (Å²) in [5.41, 5.74) is 20.3. The molecule has 19 heteroatoms. The fourth-order valence-corrected chi connectivity index (χ4v) is 8.90. The number of primary amides is 1. The van der Waals surface area contributed by atoms with Crippen LogP contribution in [0, 0.1) is 0 Å². The van der Waals surface area contributed by atoms with Gasteiger partial charge in [0.05, 0.1) is 12.6 Å². The van der Waals surface area contributed by atoms with E-state index in [1.807, 2.05) is 72.8 Å². The minimum absolute atomic E-state index is 0.0188. The summed E-state index contributed by atoms with van der Waals surface area (Å²) in [5, 5.41) is 18.3. The molecule has 3 aromatic carbocycles. The fraction of sp³-hybridized carbons (Fsp3) is 0.381. The van der Waals surface area contributed by atoms with Gasteiger partial charge >= 0.3 is 0 Å². The average molecular weight is 875 g/mol. The zero-order chi connectivity index (χ0) is 44.3. The molecule has 326 valence electrons. The highest BCUT2D eigenvalue weighted by atomic mass is 33.1. The van der Waals surface area contributed by atoms with E-state index in [4.69, 9.17) is 17.2 Å². The highest BCUT2D eigenvalue weighted by Gasteiger charge is 2.32. The monoisotopic (exact) mass is 874 g/mol. The number of nitrogens with zero attached hydrogens (tertiary/aromatic N) is 1. The lowest BCUT2D eigenvalue weighted by atomic mass is 9.98. The maximum absolute atomic E-state index is 14.3. The van der Waals surface area contributed by atoms with Gasteiger partial charge in [-0.25, -0.2) is 0 Å². The molecule has 12 N–H and O–H groups in total. The minimum Gasteiger partial charge on any atom is -0.370 e. The Labute approximate surface area is 362 Å². The molecule has 17 nitrogen and oxygen atoms in total. The molecular formula is C42H54N10O7S2.